The second-order valence-electron chi connectivity index (χ2n) is 0.957. The van der Waals surface area contributed by atoms with E-state index in [2.05, 4.69) is 4.74 Å². The van der Waals surface area contributed by atoms with Crippen molar-refractivity contribution in [2.75, 3.05) is 6.61 Å². The number of carbonyl (C=O) groups excluding carboxylic acids is 1. The quantitative estimate of drug-likeness (QED) is 0.155. The number of rotatable bonds is 1. The van der Waals surface area contributed by atoms with Crippen LogP contribution in [0.3, 0.4) is 0 Å². The summed E-state index contributed by atoms with van der Waals surface area (Å²) in [5.74, 6) is 1.53. The fraction of sp³-hybridized carbons (Fsp3) is 0.400. The minimum atomic E-state index is -0.375. The van der Waals surface area contributed by atoms with Crippen LogP contribution in [0.2, 0.25) is 0 Å². The van der Waals surface area contributed by atoms with Crippen LogP contribution >= 0.6 is 0 Å². The van der Waals surface area contributed by atoms with Crippen molar-refractivity contribution in [1.29, 1.82) is 0 Å². The molecule has 0 rings (SSSR count). The van der Waals surface area contributed by atoms with Gasteiger partial charge in [0.25, 0.3) is 0 Å². The molecule has 0 aromatic carbocycles. The van der Waals surface area contributed by atoms with Crippen molar-refractivity contribution in [2.45, 2.75) is 6.92 Å². The average Bonchev–Trinajstić information content (AvgIpc) is 1.61. The second-order valence-corrected chi connectivity index (χ2v) is 0.957. The molecule has 0 fully saturated rings. The summed E-state index contributed by atoms with van der Waals surface area (Å²) in [5, 5.41) is 0. The minimum Gasteiger partial charge on any atom is -0.690 e. The van der Waals surface area contributed by atoms with E-state index in [4.69, 9.17) is 6.42 Å². The summed E-state index contributed by atoms with van der Waals surface area (Å²) < 4.78 is 4.25. The van der Waals surface area contributed by atoms with Crippen LogP contribution in [0.15, 0.2) is 0 Å². The monoisotopic (exact) mass is 104 g/mol. The largest absolute Gasteiger partial charge is 1.00 e. The van der Waals surface area contributed by atoms with Crippen molar-refractivity contribution >= 4 is 5.97 Å². The van der Waals surface area contributed by atoms with Gasteiger partial charge in [0.1, 0.15) is 6.61 Å². The van der Waals surface area contributed by atoms with Crippen LogP contribution in [0.1, 0.15) is 6.92 Å². The fourth-order valence-corrected chi connectivity index (χ4v) is 0.138. The molecule has 0 radical (unpaired) electrons. The molecule has 2 nitrogen and oxygen atoms in total. The number of hydrogen-bond donors (Lipinski definition) is 0. The first-order chi connectivity index (χ1) is 3.27. The van der Waals surface area contributed by atoms with Gasteiger partial charge in [-0.3, -0.25) is 4.79 Å². The molecule has 8 heavy (non-hydrogen) atoms. The van der Waals surface area contributed by atoms with E-state index in [1.165, 1.54) is 6.92 Å². The minimum absolute atomic E-state index is 0. The standard InChI is InChI=1S/C5H5O2.Li/c1-3-4-7-5(2)6;/h4H2,2H3;/q-1;+1. The Labute approximate surface area is 60.8 Å². The van der Waals surface area contributed by atoms with Crippen LogP contribution in [-0.4, -0.2) is 12.6 Å². The molecule has 0 heterocycles. The Morgan fingerprint density at radius 3 is 2.50 bits per heavy atom. The van der Waals surface area contributed by atoms with Crippen LogP contribution in [-0.2, 0) is 9.53 Å². The van der Waals surface area contributed by atoms with Gasteiger partial charge in [0.2, 0.25) is 0 Å². The molecular formula is C5H5LiO2. The maximum Gasteiger partial charge on any atom is 1.00 e. The zero-order valence-corrected chi connectivity index (χ0v) is 5.02. The third-order valence-corrected chi connectivity index (χ3v) is 0.348. The normalized spacial score (nSPS) is 6.00. The first-order valence-corrected chi connectivity index (χ1v) is 1.80. The topological polar surface area (TPSA) is 26.3 Å². The van der Waals surface area contributed by atoms with Crippen molar-refractivity contribution in [3.8, 4) is 5.92 Å². The van der Waals surface area contributed by atoms with Crippen LogP contribution in [0.4, 0.5) is 0 Å². The molecule has 38 valence electrons. The first kappa shape index (κ1) is 10.6. The summed E-state index contributed by atoms with van der Waals surface area (Å²) in [5.41, 5.74) is 0. The Morgan fingerprint density at radius 2 is 2.38 bits per heavy atom. The zero-order valence-electron chi connectivity index (χ0n) is 5.02. The molecule has 0 saturated heterocycles. The van der Waals surface area contributed by atoms with Gasteiger partial charge >= 0.3 is 24.8 Å². The van der Waals surface area contributed by atoms with Gasteiger partial charge in [0, 0.05) is 6.92 Å². The molecule has 3 heteroatoms. The van der Waals surface area contributed by atoms with E-state index in [0.29, 0.717) is 0 Å². The Kier molecular flexibility index (Phi) is 8.76. The smallest absolute Gasteiger partial charge is 0.690 e. The van der Waals surface area contributed by atoms with Gasteiger partial charge in [-0.15, -0.1) is 0 Å². The maximum absolute atomic E-state index is 9.86. The first-order valence-electron chi connectivity index (χ1n) is 1.80. The van der Waals surface area contributed by atoms with Crippen molar-refractivity contribution in [3.05, 3.63) is 6.42 Å². The molecule has 0 spiro atoms. The van der Waals surface area contributed by atoms with Gasteiger partial charge < -0.3 is 17.1 Å². The van der Waals surface area contributed by atoms with Crippen LogP contribution in [0.5, 0.6) is 0 Å². The van der Waals surface area contributed by atoms with E-state index >= 15 is 0 Å². The Hall–Kier alpha value is -0.373. The van der Waals surface area contributed by atoms with E-state index in [0.717, 1.165) is 0 Å². The Bertz CT molecular complexity index is 103. The number of ether oxygens (including phenoxy) is 1. The molecule has 0 amide bonds. The predicted molar refractivity (Wildman–Crippen MR) is 23.8 cm³/mol. The second kappa shape index (κ2) is 6.63. The predicted octanol–water partition coefficient (Wildman–Crippen LogP) is -2.86. The van der Waals surface area contributed by atoms with E-state index in [-0.39, 0.29) is 31.4 Å². The van der Waals surface area contributed by atoms with Crippen molar-refractivity contribution < 1.29 is 28.4 Å². The molecular weight excluding hydrogens is 99.0 g/mol. The molecule has 0 aliphatic rings. The van der Waals surface area contributed by atoms with Crippen molar-refractivity contribution in [2.24, 2.45) is 0 Å². The van der Waals surface area contributed by atoms with Gasteiger partial charge in [-0.05, 0) is 0 Å². The summed E-state index contributed by atoms with van der Waals surface area (Å²) in [7, 11) is 0. The van der Waals surface area contributed by atoms with E-state index in [1.807, 2.05) is 5.92 Å². The van der Waals surface area contributed by atoms with E-state index < -0.39 is 0 Å². The van der Waals surface area contributed by atoms with Gasteiger partial charge in [-0.1, -0.05) is 0 Å². The van der Waals surface area contributed by atoms with E-state index in [9.17, 15) is 4.79 Å². The molecule has 0 atom stereocenters. The molecule has 0 unspecified atom stereocenters. The number of esters is 1. The molecule has 0 saturated carbocycles. The third-order valence-electron chi connectivity index (χ3n) is 0.348. The zero-order chi connectivity index (χ0) is 5.70. The summed E-state index contributed by atoms with van der Waals surface area (Å²) in [6.07, 6.45) is 6.27. The van der Waals surface area contributed by atoms with Crippen LogP contribution < -0.4 is 18.9 Å². The van der Waals surface area contributed by atoms with Gasteiger partial charge in [0.15, 0.2) is 0 Å². The molecule has 0 aromatic heterocycles. The van der Waals surface area contributed by atoms with Crippen LogP contribution in [0.25, 0.3) is 0 Å². The van der Waals surface area contributed by atoms with Crippen LogP contribution in [0, 0.1) is 12.3 Å². The maximum atomic E-state index is 9.86. The summed E-state index contributed by atoms with van der Waals surface area (Å²) in [4.78, 5) is 9.86. The fourth-order valence-electron chi connectivity index (χ4n) is 0.138. The molecule has 0 aliphatic carbocycles. The molecule has 0 bridgehead atoms. The van der Waals surface area contributed by atoms with Gasteiger partial charge in [-0.2, -0.15) is 0 Å². The molecule has 0 N–H and O–H groups in total. The van der Waals surface area contributed by atoms with Gasteiger partial charge in [-0.25, -0.2) is 0 Å². The SMILES string of the molecule is [C-]#CCOC(C)=O.[Li+]. The Balaban J connectivity index is 0. The summed E-state index contributed by atoms with van der Waals surface area (Å²) in [6, 6.07) is 0. The summed E-state index contributed by atoms with van der Waals surface area (Å²) >= 11 is 0. The average molecular weight is 104 g/mol. The van der Waals surface area contributed by atoms with Crippen molar-refractivity contribution in [3.63, 3.8) is 0 Å². The third kappa shape index (κ3) is 9.16. The molecule has 0 aliphatic heterocycles. The Morgan fingerprint density at radius 1 is 1.88 bits per heavy atom. The summed E-state index contributed by atoms with van der Waals surface area (Å²) in [6.45, 7) is 1.26. The van der Waals surface area contributed by atoms with E-state index in [1.54, 1.807) is 0 Å². The van der Waals surface area contributed by atoms with Gasteiger partial charge in [0.05, 0.1) is 0 Å². The van der Waals surface area contributed by atoms with Crippen molar-refractivity contribution in [1.82, 2.24) is 0 Å². The number of hydrogen-bond acceptors (Lipinski definition) is 2. The number of carbonyl (C=O) groups is 1. The molecule has 0 aromatic rings.